The Kier molecular flexibility index (Phi) is 30.0. The minimum absolute atomic E-state index is 0. The Morgan fingerprint density at radius 1 is 0.398 bits per heavy atom. The summed E-state index contributed by atoms with van der Waals surface area (Å²) in [6, 6.07) is 122. The van der Waals surface area contributed by atoms with Gasteiger partial charge in [0.05, 0.1) is 48.8 Å². The SMILES string of the molecule is Br.Brc1ccccn1.C.C.COc1ccc(Br)c([N+](=O)[O-])c1.Cc1ccc(-c2cccc3c2sc2ccccc23)c([N+](=O)[O-])c1.Cc1ccc2c(c1)[nH]c1ccc3c4ccccc4sc3c12.Cc1ccc2c3c4sc5ccccc5c4ccc3n(-c3ccccn3)c2c1.O[B]Oc1cccc2c1sc1ccccc12.c1ccc(P(c2ccccc2)c2ccccc2)cc1. The average molecular weight is 1960 g/mol. The van der Waals surface area contributed by atoms with Gasteiger partial charge in [-0.3, -0.25) is 24.8 Å². The van der Waals surface area contributed by atoms with Crippen LogP contribution in [0.1, 0.15) is 31.5 Å². The first kappa shape index (κ1) is 91.6. The number of fused-ring (bicyclic) bond motifs is 20. The Labute approximate surface area is 785 Å². The number of methoxy groups -OCH3 is 1. The van der Waals surface area contributed by atoms with Crippen LogP contribution in [0.25, 0.3) is 141 Å². The lowest BCUT2D eigenvalue weighted by atomic mass is 10.00. The van der Waals surface area contributed by atoms with Crippen LogP contribution < -0.4 is 25.3 Å². The normalized spacial score (nSPS) is 10.8. The van der Waals surface area contributed by atoms with Crippen molar-refractivity contribution in [1.82, 2.24) is 19.5 Å². The van der Waals surface area contributed by atoms with Gasteiger partial charge in [-0.05, 0) is 190 Å². The molecular formula is C106H84BBr3N6O7PS4. The number of H-pyrrole nitrogens is 1. The number of pyridine rings is 2. The molecule has 15 aromatic carbocycles. The first-order chi connectivity index (χ1) is 61.2. The van der Waals surface area contributed by atoms with Crippen molar-refractivity contribution in [3.8, 4) is 28.4 Å². The van der Waals surface area contributed by atoms with Crippen LogP contribution in [0.5, 0.6) is 11.5 Å². The highest BCUT2D eigenvalue weighted by molar-refractivity contribution is 9.10. The van der Waals surface area contributed by atoms with Gasteiger partial charge in [0.15, 0.2) is 0 Å². The summed E-state index contributed by atoms with van der Waals surface area (Å²) < 4.78 is 23.6. The Balaban J connectivity index is 0.000000123. The molecule has 0 atom stereocenters. The van der Waals surface area contributed by atoms with Crippen LogP contribution in [-0.4, -0.2) is 49.2 Å². The summed E-state index contributed by atoms with van der Waals surface area (Å²) in [7, 11) is 1.74. The monoisotopic (exact) mass is 1960 g/mol. The summed E-state index contributed by atoms with van der Waals surface area (Å²) in [5, 5.41) is 50.2. The van der Waals surface area contributed by atoms with E-state index in [2.05, 4.69) is 308 Å². The third-order valence-corrected chi connectivity index (χ3v) is 29.6. The van der Waals surface area contributed by atoms with Crippen molar-refractivity contribution in [3.63, 3.8) is 0 Å². The summed E-state index contributed by atoms with van der Waals surface area (Å²) in [6.45, 7) is 6.16. The zero-order valence-electron chi connectivity index (χ0n) is 68.2. The molecule has 633 valence electrons. The zero-order valence-corrected chi connectivity index (χ0v) is 77.2. The molecule has 0 bridgehead atoms. The molecule has 0 saturated carbocycles. The highest BCUT2D eigenvalue weighted by Gasteiger charge is 2.23. The predicted molar refractivity (Wildman–Crippen MR) is 562 cm³/mol. The number of aromatic amines is 1. The number of rotatable bonds is 10. The highest BCUT2D eigenvalue weighted by atomic mass is 79.9. The Hall–Kier alpha value is -12.6. The van der Waals surface area contributed by atoms with Gasteiger partial charge in [-0.15, -0.1) is 62.3 Å². The maximum Gasteiger partial charge on any atom is 0.569 e. The first-order valence-corrected chi connectivity index (χ1v) is 46.1. The van der Waals surface area contributed by atoms with E-state index in [0.717, 1.165) is 44.0 Å². The average Bonchev–Trinajstić information content (AvgIpc) is 1.56. The number of nitrogens with zero attached hydrogens (tertiary/aromatic N) is 5. The summed E-state index contributed by atoms with van der Waals surface area (Å²) in [5.41, 5.74) is 10.1. The molecule has 2 N–H and O–H groups in total. The molecule has 0 aliphatic carbocycles. The second kappa shape index (κ2) is 41.9. The molecule has 13 nitrogen and oxygen atoms in total. The standard InChI is InChI=1S/C24H16N2S.C19H13NO2S.C19H13NS.C18H15P.C12H8BO2S.C7H6BrNO3.C5H4BrN.2CH4.BrH/c1-15-9-10-18-20(14-15)26(22-8-4-5-13-25-22)19-12-11-17-16-6-2-3-7-21(16)27-24(17)23(18)19;1-12-9-10-13(17(11-12)20(21)22)15-6-4-7-16-14-5-2-3-8-18(14)23-19(15)16;1-11-6-7-14-16(10-11)20-15-9-8-13-12-4-2-3-5-17(12)21-19(13)18(14)15;1-4-10-16(11-5-1)19(17-12-6-2-7-13-17)18-14-8-3-9-15-18;14-13-15-10-6-3-5-9-8-4-1-2-7-11(8)16-12(9)10;1-12-5-2-3-6(8)7(4-5)9(10)11;6-5-3-1-2-4-7-5;;;/h2-14H,1H3;2-11H,1H3;2-10,20H,1H3;1-15H;1-7,14H;2-4H,1H3;1-4H;2*1H4;1H. The third kappa shape index (κ3) is 19.6. The van der Waals surface area contributed by atoms with Crippen LogP contribution in [0.4, 0.5) is 11.4 Å². The van der Waals surface area contributed by atoms with Gasteiger partial charge in [0, 0.05) is 133 Å². The minimum Gasteiger partial charge on any atom is -0.536 e. The van der Waals surface area contributed by atoms with Crippen LogP contribution in [0, 0.1) is 41.0 Å². The van der Waals surface area contributed by atoms with E-state index >= 15 is 0 Å². The number of hydrogen-bond acceptors (Lipinski definition) is 13. The smallest absolute Gasteiger partial charge is 0.536 e. The van der Waals surface area contributed by atoms with Gasteiger partial charge in [0.2, 0.25) is 0 Å². The van der Waals surface area contributed by atoms with Crippen LogP contribution in [-0.2, 0) is 0 Å². The van der Waals surface area contributed by atoms with Crippen molar-refractivity contribution >= 4 is 261 Å². The number of halogens is 3. The minimum atomic E-state index is -0.466. The lowest BCUT2D eigenvalue weighted by Crippen LogP contribution is -2.20. The van der Waals surface area contributed by atoms with E-state index in [9.17, 15) is 20.2 Å². The van der Waals surface area contributed by atoms with E-state index in [1.165, 1.54) is 150 Å². The van der Waals surface area contributed by atoms with Gasteiger partial charge in [-0.25, -0.2) is 9.97 Å². The molecule has 0 fully saturated rings. The molecule has 0 unspecified atom stereocenters. The Bertz CT molecular complexity index is 7770. The van der Waals surface area contributed by atoms with E-state index in [0.29, 0.717) is 21.5 Å². The zero-order chi connectivity index (χ0) is 86.0. The molecule has 0 aliphatic rings. The van der Waals surface area contributed by atoms with Crippen LogP contribution >= 0.6 is 102 Å². The number of aromatic nitrogens is 4. The van der Waals surface area contributed by atoms with Crippen LogP contribution in [0.3, 0.4) is 0 Å². The molecule has 22 heteroatoms. The van der Waals surface area contributed by atoms with Crippen molar-refractivity contribution in [3.05, 3.63) is 416 Å². The second-order valence-corrected chi connectivity index (χ2v) is 37.3. The molecule has 8 heterocycles. The lowest BCUT2D eigenvalue weighted by molar-refractivity contribution is -0.385. The molecule has 8 aromatic heterocycles. The Morgan fingerprint density at radius 3 is 1.38 bits per heavy atom. The highest BCUT2D eigenvalue weighted by Crippen LogP contribution is 2.47. The van der Waals surface area contributed by atoms with Gasteiger partial charge < -0.3 is 19.4 Å². The van der Waals surface area contributed by atoms with Gasteiger partial charge in [0.25, 0.3) is 11.4 Å². The van der Waals surface area contributed by atoms with Crippen molar-refractivity contribution in [2.45, 2.75) is 35.6 Å². The first-order valence-electron chi connectivity index (χ1n) is 39.9. The number of hydrogen-bond donors (Lipinski definition) is 2. The van der Waals surface area contributed by atoms with Gasteiger partial charge in [-0.2, -0.15) is 0 Å². The third-order valence-electron chi connectivity index (χ3n) is 21.2. The second-order valence-electron chi connectivity index (χ2n) is 29.2. The van der Waals surface area contributed by atoms with Crippen molar-refractivity contribution in [2.24, 2.45) is 0 Å². The molecule has 0 amide bonds. The van der Waals surface area contributed by atoms with Gasteiger partial charge in [-0.1, -0.05) is 264 Å². The van der Waals surface area contributed by atoms with E-state index in [1.54, 1.807) is 47.1 Å². The summed E-state index contributed by atoms with van der Waals surface area (Å²) in [4.78, 5) is 33.2. The number of nitro benzene ring substituents is 2. The number of nitro groups is 2. The lowest BCUT2D eigenvalue weighted by Gasteiger charge is -2.18. The number of thiophene rings is 4. The number of benzene rings is 15. The van der Waals surface area contributed by atoms with E-state index in [-0.39, 0.29) is 48.1 Å². The fraction of sp³-hybridized carbons (Fsp3) is 0.0566. The topological polar surface area (TPSA) is 171 Å². The summed E-state index contributed by atoms with van der Waals surface area (Å²) >= 11 is 13.4. The summed E-state index contributed by atoms with van der Waals surface area (Å²) in [6.07, 6.45) is 3.60. The molecule has 0 saturated heterocycles. The quantitative estimate of drug-likeness (QED) is 0.0444. The molecule has 23 rings (SSSR count). The molecule has 128 heavy (non-hydrogen) atoms. The fourth-order valence-electron chi connectivity index (χ4n) is 15.5. The van der Waals surface area contributed by atoms with Crippen molar-refractivity contribution in [2.75, 3.05) is 7.11 Å². The van der Waals surface area contributed by atoms with E-state index in [1.807, 2.05) is 127 Å². The van der Waals surface area contributed by atoms with E-state index in [4.69, 9.17) is 14.4 Å². The van der Waals surface area contributed by atoms with Crippen LogP contribution in [0.15, 0.2) is 379 Å². The van der Waals surface area contributed by atoms with Crippen molar-refractivity contribution < 1.29 is 24.3 Å². The van der Waals surface area contributed by atoms with Crippen LogP contribution in [0.2, 0.25) is 0 Å². The number of nitrogens with one attached hydrogen (secondary N) is 1. The van der Waals surface area contributed by atoms with Gasteiger partial charge >= 0.3 is 7.69 Å². The Morgan fingerprint density at radius 2 is 0.852 bits per heavy atom. The van der Waals surface area contributed by atoms with Crippen molar-refractivity contribution in [1.29, 1.82) is 0 Å². The van der Waals surface area contributed by atoms with Gasteiger partial charge in [0.1, 0.15) is 21.9 Å². The molecule has 1 radical (unpaired) electrons. The molecule has 23 aromatic rings. The number of ether oxygens (including phenoxy) is 1. The predicted octanol–water partition coefficient (Wildman–Crippen LogP) is 31.3. The maximum atomic E-state index is 11.5. The summed E-state index contributed by atoms with van der Waals surface area (Å²) in [5.74, 6) is 2.13. The fourth-order valence-corrected chi connectivity index (χ4v) is 23.4. The van der Waals surface area contributed by atoms with E-state index < -0.39 is 12.8 Å². The molecule has 0 aliphatic heterocycles. The molecule has 0 spiro atoms. The largest absolute Gasteiger partial charge is 0.569 e. The number of aryl methyl sites for hydroxylation is 3. The molecular weight excluding hydrogens is 1880 g/mol. The maximum absolute atomic E-state index is 11.5.